The second-order valence-corrected chi connectivity index (χ2v) is 17.5. The smallest absolute Gasteiger partial charge is 0.338 e. The van der Waals surface area contributed by atoms with Gasteiger partial charge in [0.1, 0.15) is 5.60 Å². The molecule has 14 heteroatoms. The van der Waals surface area contributed by atoms with Crippen molar-refractivity contribution in [3.63, 3.8) is 0 Å². The quantitative estimate of drug-likeness (QED) is 0.181. The van der Waals surface area contributed by atoms with Gasteiger partial charge in [-0.3, -0.25) is 19.2 Å². The highest BCUT2D eigenvalue weighted by atomic mass is 16.7. The number of carbonyl (C=O) groups is 6. The number of rotatable bonds is 18. The van der Waals surface area contributed by atoms with E-state index in [0.717, 1.165) is 5.06 Å². The van der Waals surface area contributed by atoms with E-state index in [0.29, 0.717) is 30.0 Å². The number of hydroxylamine groups is 4. The van der Waals surface area contributed by atoms with Crippen molar-refractivity contribution in [2.45, 2.75) is 152 Å². The van der Waals surface area contributed by atoms with Gasteiger partial charge in [-0.2, -0.15) is 0 Å². The third kappa shape index (κ3) is 12.3. The van der Waals surface area contributed by atoms with E-state index in [1.807, 2.05) is 13.8 Å². The molecule has 290 valence electrons. The molecule has 2 aliphatic rings. The summed E-state index contributed by atoms with van der Waals surface area (Å²) in [6.07, 6.45) is 0.614. The summed E-state index contributed by atoms with van der Waals surface area (Å²) in [5, 5.41) is 11.5. The number of esters is 2. The Morgan fingerprint density at radius 1 is 0.667 bits per heavy atom. The molecule has 1 N–H and O–H groups in total. The predicted octanol–water partition coefficient (Wildman–Crippen LogP) is 5.31. The molecule has 2 fully saturated rings. The third-order valence-corrected chi connectivity index (χ3v) is 9.11. The number of allylic oxidation sites excluding steroid dienone is 1. The van der Waals surface area contributed by atoms with Crippen LogP contribution in [0.2, 0.25) is 0 Å². The Morgan fingerprint density at radius 3 is 1.65 bits per heavy atom. The van der Waals surface area contributed by atoms with Crippen LogP contribution >= 0.6 is 0 Å². The Bertz CT molecular complexity index is 1340. The zero-order chi connectivity index (χ0) is 39.4. The van der Waals surface area contributed by atoms with Crippen molar-refractivity contribution in [3.8, 4) is 0 Å². The highest BCUT2D eigenvalue weighted by Gasteiger charge is 2.46. The van der Waals surface area contributed by atoms with Gasteiger partial charge in [0, 0.05) is 32.1 Å². The lowest BCUT2D eigenvalue weighted by atomic mass is 9.75. The lowest BCUT2D eigenvalue weighted by Crippen LogP contribution is -2.44. The van der Waals surface area contributed by atoms with Gasteiger partial charge in [0.05, 0.1) is 46.2 Å². The predicted molar refractivity (Wildman–Crippen MR) is 184 cm³/mol. The Morgan fingerprint density at radius 2 is 1.16 bits per heavy atom. The SMILES string of the molecule is C=C1CCC(=O)N1OC(=O)C(C)(C)CC(C)(C)C(=O)OCCC(C)(C)OCCC(C)(C)OC(=O)C(C)(C)CC(C)(C)C(=O)ON1C(=O)CCC1O. The van der Waals surface area contributed by atoms with Crippen molar-refractivity contribution in [2.24, 2.45) is 21.7 Å². The van der Waals surface area contributed by atoms with Crippen LogP contribution in [0.1, 0.15) is 134 Å². The molecule has 0 saturated carbocycles. The maximum absolute atomic E-state index is 13.3. The molecular weight excluding hydrogens is 664 g/mol. The van der Waals surface area contributed by atoms with Crippen molar-refractivity contribution in [1.29, 1.82) is 0 Å². The molecule has 2 aliphatic heterocycles. The van der Waals surface area contributed by atoms with E-state index in [4.69, 9.17) is 23.9 Å². The van der Waals surface area contributed by atoms with E-state index in [-0.39, 0.29) is 51.2 Å². The lowest BCUT2D eigenvalue weighted by molar-refractivity contribution is -0.228. The van der Waals surface area contributed by atoms with E-state index < -0.39 is 68.9 Å². The van der Waals surface area contributed by atoms with Crippen LogP contribution in [0.3, 0.4) is 0 Å². The summed E-state index contributed by atoms with van der Waals surface area (Å²) in [6.45, 7) is 24.5. The highest BCUT2D eigenvalue weighted by Crippen LogP contribution is 2.39. The molecular formula is C37H60N2O12. The number of ether oxygens (including phenoxy) is 3. The number of amides is 2. The minimum Gasteiger partial charge on any atom is -0.465 e. The van der Waals surface area contributed by atoms with Crippen LogP contribution in [-0.4, -0.2) is 81.6 Å². The molecule has 0 aromatic heterocycles. The fourth-order valence-electron chi connectivity index (χ4n) is 6.09. The second-order valence-electron chi connectivity index (χ2n) is 17.5. The van der Waals surface area contributed by atoms with Gasteiger partial charge in [-0.05, 0) is 102 Å². The molecule has 2 rings (SSSR count). The van der Waals surface area contributed by atoms with Crippen molar-refractivity contribution in [3.05, 3.63) is 12.3 Å². The zero-order valence-electron chi connectivity index (χ0n) is 32.7. The van der Waals surface area contributed by atoms with Crippen LogP contribution in [0.25, 0.3) is 0 Å². The zero-order valence-corrected chi connectivity index (χ0v) is 32.7. The van der Waals surface area contributed by atoms with Crippen LogP contribution in [0.5, 0.6) is 0 Å². The van der Waals surface area contributed by atoms with Crippen LogP contribution < -0.4 is 0 Å². The van der Waals surface area contributed by atoms with Gasteiger partial charge in [-0.15, -0.1) is 10.1 Å². The average molecular weight is 725 g/mol. The van der Waals surface area contributed by atoms with E-state index in [2.05, 4.69) is 6.58 Å². The molecule has 0 radical (unpaired) electrons. The topological polar surface area (TPSA) is 175 Å². The maximum atomic E-state index is 13.3. The van der Waals surface area contributed by atoms with Gasteiger partial charge in [0.25, 0.3) is 11.8 Å². The minimum absolute atomic E-state index is 0.0578. The monoisotopic (exact) mass is 724 g/mol. The Balaban J connectivity index is 1.82. The fourth-order valence-corrected chi connectivity index (χ4v) is 6.09. The van der Waals surface area contributed by atoms with Gasteiger partial charge in [0.2, 0.25) is 0 Å². The van der Waals surface area contributed by atoms with Crippen LogP contribution in [0.4, 0.5) is 0 Å². The lowest BCUT2D eigenvalue weighted by Gasteiger charge is -2.36. The number of nitrogens with zero attached hydrogens (tertiary/aromatic N) is 2. The summed E-state index contributed by atoms with van der Waals surface area (Å²) < 4.78 is 17.5. The van der Waals surface area contributed by atoms with Gasteiger partial charge in [0.15, 0.2) is 6.23 Å². The van der Waals surface area contributed by atoms with Crippen molar-refractivity contribution in [1.82, 2.24) is 10.1 Å². The summed E-state index contributed by atoms with van der Waals surface area (Å²) in [7, 11) is 0. The first kappa shape index (κ1) is 43.6. The third-order valence-electron chi connectivity index (χ3n) is 9.11. The second kappa shape index (κ2) is 16.0. The average Bonchev–Trinajstić information content (AvgIpc) is 3.45. The molecule has 2 saturated heterocycles. The van der Waals surface area contributed by atoms with Crippen LogP contribution in [0.15, 0.2) is 12.3 Å². The van der Waals surface area contributed by atoms with E-state index >= 15 is 0 Å². The molecule has 0 aliphatic carbocycles. The van der Waals surface area contributed by atoms with E-state index in [1.54, 1.807) is 69.2 Å². The van der Waals surface area contributed by atoms with Crippen LogP contribution in [0, 0.1) is 21.7 Å². The molecule has 51 heavy (non-hydrogen) atoms. The first-order chi connectivity index (χ1) is 23.0. The Hall–Kier alpha value is -3.52. The first-order valence-electron chi connectivity index (χ1n) is 17.5. The standard InChI is InChI=1S/C37H60N2O12/c1-24-14-15-25(40)38(24)50-30(45)34(6,7)22-32(2,3)28(43)47-20-18-36(10,11)48-21-19-37(12,13)49-29(44)33(4,5)23-35(8,9)31(46)51-39-26(41)16-17-27(39)42/h26,41H,1,14-23H2,2-13H3. The van der Waals surface area contributed by atoms with E-state index in [9.17, 15) is 33.9 Å². The molecule has 14 nitrogen and oxygen atoms in total. The highest BCUT2D eigenvalue weighted by molar-refractivity contribution is 5.85. The molecule has 0 aromatic rings. The summed E-state index contributed by atoms with van der Waals surface area (Å²) in [6, 6.07) is 0. The van der Waals surface area contributed by atoms with Crippen molar-refractivity contribution >= 4 is 35.7 Å². The van der Waals surface area contributed by atoms with Crippen molar-refractivity contribution in [2.75, 3.05) is 13.2 Å². The minimum atomic E-state index is -1.19. The number of hydrogen-bond acceptors (Lipinski definition) is 12. The van der Waals surface area contributed by atoms with Gasteiger partial charge in [-0.25, -0.2) is 9.59 Å². The van der Waals surface area contributed by atoms with Gasteiger partial charge < -0.3 is 29.0 Å². The van der Waals surface area contributed by atoms with E-state index in [1.165, 1.54) is 0 Å². The summed E-state index contributed by atoms with van der Waals surface area (Å²) in [4.78, 5) is 86.6. The molecule has 2 heterocycles. The number of hydrogen-bond donors (Lipinski definition) is 1. The van der Waals surface area contributed by atoms with Gasteiger partial charge >= 0.3 is 23.9 Å². The van der Waals surface area contributed by atoms with Crippen LogP contribution in [-0.2, 0) is 52.7 Å². The molecule has 0 spiro atoms. The molecule has 1 atom stereocenters. The van der Waals surface area contributed by atoms with Crippen molar-refractivity contribution < 1.29 is 57.8 Å². The summed E-state index contributed by atoms with van der Waals surface area (Å²) >= 11 is 0. The largest absolute Gasteiger partial charge is 0.465 e. The number of carbonyl (C=O) groups excluding carboxylic acids is 6. The van der Waals surface area contributed by atoms with Gasteiger partial charge in [-0.1, -0.05) is 6.58 Å². The molecule has 1 unspecified atom stereocenters. The molecule has 2 amide bonds. The molecule has 0 bridgehead atoms. The Labute approximate surface area is 302 Å². The first-order valence-corrected chi connectivity index (χ1v) is 17.5. The fraction of sp³-hybridized carbons (Fsp3) is 0.784. The molecule has 0 aromatic carbocycles. The normalized spacial score (nSPS) is 17.9. The maximum Gasteiger partial charge on any atom is 0.338 e. The number of aliphatic hydroxyl groups is 1. The Kier molecular flexibility index (Phi) is 13.7. The summed E-state index contributed by atoms with van der Waals surface area (Å²) in [5.74, 6) is -3.22. The summed E-state index contributed by atoms with van der Waals surface area (Å²) in [5.41, 5.74) is -5.59. The number of aliphatic hydroxyl groups excluding tert-OH is 1.